The van der Waals surface area contributed by atoms with E-state index in [9.17, 15) is 12.9 Å². The first-order valence-electron chi connectivity index (χ1n) is 3.62. The predicted molar refractivity (Wildman–Crippen MR) is 52.3 cm³/mol. The number of hydrogen-bond acceptors (Lipinski definition) is 0. The van der Waals surface area contributed by atoms with Gasteiger partial charge in [0.1, 0.15) is 0 Å². The largest absolute Gasteiger partial charge is 1.00 e. The Bertz CT molecular complexity index is 325. The van der Waals surface area contributed by atoms with Gasteiger partial charge in [-0.1, -0.05) is 34.1 Å². The quantitative estimate of drug-likeness (QED) is 0.708. The van der Waals surface area contributed by atoms with Crippen LogP contribution < -0.4 is 51.4 Å². The smallest absolute Gasteiger partial charge is 0.445 e. The SMILES string of the molecule is F[B-](F)(F)/C=C/c1cccc(Br)c1.[K+]. The summed E-state index contributed by atoms with van der Waals surface area (Å²) in [6.45, 7) is -4.84. The van der Waals surface area contributed by atoms with Crippen LogP contribution in [0.15, 0.2) is 34.7 Å². The van der Waals surface area contributed by atoms with Crippen LogP contribution in [-0.4, -0.2) is 6.98 Å². The standard InChI is InChI=1S/C8H6BBrF3.K/c10-8-3-1-2-7(6-8)4-5-9(11,12)13;/h1-6H;/q-1;+1/b5-4+;. The zero-order chi connectivity index (χ0) is 9.90. The van der Waals surface area contributed by atoms with E-state index in [2.05, 4.69) is 15.9 Å². The summed E-state index contributed by atoms with van der Waals surface area (Å²) in [5.74, 6) is 0.280. The van der Waals surface area contributed by atoms with E-state index in [-0.39, 0.29) is 57.4 Å². The first-order chi connectivity index (χ1) is 5.97. The molecule has 0 aromatic heterocycles. The molecule has 0 unspecified atom stereocenters. The van der Waals surface area contributed by atoms with Crippen molar-refractivity contribution in [3.63, 3.8) is 0 Å². The fourth-order valence-corrected chi connectivity index (χ4v) is 1.25. The summed E-state index contributed by atoms with van der Waals surface area (Å²) in [5, 5.41) is 0. The number of rotatable bonds is 2. The molecule has 0 radical (unpaired) electrons. The first kappa shape index (κ1) is 14.9. The molecule has 1 aromatic carbocycles. The Labute approximate surface area is 132 Å². The fourth-order valence-electron chi connectivity index (χ4n) is 0.830. The van der Waals surface area contributed by atoms with Gasteiger partial charge >= 0.3 is 58.4 Å². The predicted octanol–water partition coefficient (Wildman–Crippen LogP) is 0.853. The van der Waals surface area contributed by atoms with Gasteiger partial charge in [0.15, 0.2) is 0 Å². The van der Waals surface area contributed by atoms with Crippen molar-refractivity contribution in [1.29, 1.82) is 0 Å². The minimum Gasteiger partial charge on any atom is -0.445 e. The summed E-state index contributed by atoms with van der Waals surface area (Å²) >= 11 is 3.17. The number of hydrogen-bond donors (Lipinski definition) is 0. The van der Waals surface area contributed by atoms with E-state index in [0.29, 0.717) is 5.56 Å². The Morgan fingerprint density at radius 1 is 1.21 bits per heavy atom. The van der Waals surface area contributed by atoms with Crippen molar-refractivity contribution in [2.45, 2.75) is 0 Å². The Morgan fingerprint density at radius 2 is 1.86 bits per heavy atom. The minimum atomic E-state index is -4.84. The molecule has 1 rings (SSSR count). The molecule has 0 bridgehead atoms. The second-order valence-corrected chi connectivity index (χ2v) is 3.46. The summed E-state index contributed by atoms with van der Waals surface area (Å²) in [6, 6.07) is 6.69. The van der Waals surface area contributed by atoms with Crippen LogP contribution in [0, 0.1) is 0 Å². The molecular weight excluding hydrogens is 283 g/mol. The molecule has 0 heterocycles. The maximum absolute atomic E-state index is 11.8. The second kappa shape index (κ2) is 6.50. The summed E-state index contributed by atoms with van der Waals surface area (Å²) in [7, 11) is 0. The monoisotopic (exact) mass is 288 g/mol. The number of benzene rings is 1. The van der Waals surface area contributed by atoms with E-state index in [1.807, 2.05) is 0 Å². The van der Waals surface area contributed by atoms with Gasteiger partial charge in [-0.2, -0.15) is 0 Å². The molecule has 0 fully saturated rings. The minimum absolute atomic E-state index is 0. The van der Waals surface area contributed by atoms with Crippen molar-refractivity contribution in [2.24, 2.45) is 0 Å². The van der Waals surface area contributed by atoms with E-state index in [1.54, 1.807) is 24.3 Å². The molecule has 0 N–H and O–H groups in total. The summed E-state index contributed by atoms with van der Waals surface area (Å²) in [6.07, 6.45) is 1.06. The van der Waals surface area contributed by atoms with Crippen molar-refractivity contribution in [1.82, 2.24) is 0 Å². The van der Waals surface area contributed by atoms with Crippen molar-refractivity contribution in [3.8, 4) is 0 Å². The third-order valence-electron chi connectivity index (χ3n) is 1.36. The van der Waals surface area contributed by atoms with E-state index < -0.39 is 6.98 Å². The van der Waals surface area contributed by atoms with Crippen molar-refractivity contribution < 1.29 is 64.3 Å². The van der Waals surface area contributed by atoms with E-state index in [0.717, 1.165) is 10.5 Å². The van der Waals surface area contributed by atoms with Gasteiger partial charge in [-0.3, -0.25) is 0 Å². The van der Waals surface area contributed by atoms with E-state index >= 15 is 0 Å². The second-order valence-electron chi connectivity index (χ2n) is 2.54. The summed E-state index contributed by atoms with van der Waals surface area (Å²) in [5.41, 5.74) is 0.536. The van der Waals surface area contributed by atoms with Gasteiger partial charge in [-0.15, -0.1) is 5.98 Å². The average molecular weight is 289 g/mol. The molecule has 0 atom stereocenters. The Kier molecular flexibility index (Phi) is 6.93. The van der Waals surface area contributed by atoms with Crippen LogP contribution in [0.2, 0.25) is 0 Å². The molecule has 0 aliphatic carbocycles. The van der Waals surface area contributed by atoms with Crippen molar-refractivity contribution in [2.75, 3.05) is 0 Å². The van der Waals surface area contributed by atoms with Gasteiger partial charge in [0, 0.05) is 4.47 Å². The molecule has 0 saturated carbocycles. The molecule has 0 amide bonds. The molecule has 0 spiro atoms. The zero-order valence-corrected chi connectivity index (χ0v) is 12.3. The first-order valence-corrected chi connectivity index (χ1v) is 4.41. The van der Waals surface area contributed by atoms with Crippen LogP contribution in [0.5, 0.6) is 0 Å². The van der Waals surface area contributed by atoms with Gasteiger partial charge in [0.25, 0.3) is 0 Å². The van der Waals surface area contributed by atoms with Crippen LogP contribution in [0.4, 0.5) is 12.9 Å². The van der Waals surface area contributed by atoms with Crippen LogP contribution in [0.3, 0.4) is 0 Å². The molecule has 0 aliphatic rings. The number of halogens is 4. The maximum atomic E-state index is 11.8. The van der Waals surface area contributed by atoms with Gasteiger partial charge in [-0.05, 0) is 17.7 Å². The van der Waals surface area contributed by atoms with Gasteiger partial charge in [-0.25, -0.2) is 0 Å². The third kappa shape index (κ3) is 6.42. The van der Waals surface area contributed by atoms with Crippen molar-refractivity contribution in [3.05, 3.63) is 40.3 Å². The Hall–Kier alpha value is 0.931. The van der Waals surface area contributed by atoms with Crippen LogP contribution in [0.1, 0.15) is 5.56 Å². The molecule has 70 valence electrons. The Morgan fingerprint density at radius 3 is 2.36 bits per heavy atom. The van der Waals surface area contributed by atoms with E-state index in [1.165, 1.54) is 0 Å². The molecule has 0 saturated heterocycles. The van der Waals surface area contributed by atoms with Gasteiger partial charge in [0.05, 0.1) is 0 Å². The average Bonchev–Trinajstić information content (AvgIpc) is 2.00. The third-order valence-corrected chi connectivity index (χ3v) is 1.85. The van der Waals surface area contributed by atoms with Crippen LogP contribution in [0.25, 0.3) is 6.08 Å². The normalized spacial score (nSPS) is 11.4. The fraction of sp³-hybridized carbons (Fsp3) is 0. The van der Waals surface area contributed by atoms with Gasteiger partial charge in [0.2, 0.25) is 0 Å². The maximum Gasteiger partial charge on any atom is 1.00 e. The van der Waals surface area contributed by atoms with Crippen LogP contribution >= 0.6 is 15.9 Å². The van der Waals surface area contributed by atoms with E-state index in [4.69, 9.17) is 0 Å². The molecule has 1 aromatic rings. The molecular formula is C8H6BBrF3K. The topological polar surface area (TPSA) is 0 Å². The van der Waals surface area contributed by atoms with Crippen LogP contribution in [-0.2, 0) is 0 Å². The zero-order valence-electron chi connectivity index (χ0n) is 7.55. The van der Waals surface area contributed by atoms with Crippen molar-refractivity contribution >= 4 is 29.0 Å². The summed E-state index contributed by atoms with van der Waals surface area (Å²) in [4.78, 5) is 0. The van der Waals surface area contributed by atoms with Gasteiger partial charge < -0.3 is 12.9 Å². The summed E-state index contributed by atoms with van der Waals surface area (Å²) < 4.78 is 36.2. The molecule has 0 nitrogen and oxygen atoms in total. The Balaban J connectivity index is 0.00000169. The molecule has 6 heteroatoms. The molecule has 14 heavy (non-hydrogen) atoms. The molecule has 0 aliphatic heterocycles.